The van der Waals surface area contributed by atoms with Crippen molar-refractivity contribution in [3.63, 3.8) is 0 Å². The summed E-state index contributed by atoms with van der Waals surface area (Å²) in [6.07, 6.45) is 2.35. The van der Waals surface area contributed by atoms with Gasteiger partial charge in [0, 0.05) is 23.9 Å². The molecule has 3 rings (SSSR count). The quantitative estimate of drug-likeness (QED) is 0.845. The zero-order chi connectivity index (χ0) is 14.7. The average molecular weight is 283 g/mol. The van der Waals surface area contributed by atoms with Crippen LogP contribution in [0.15, 0.2) is 48.5 Å². The molecule has 1 unspecified atom stereocenters. The van der Waals surface area contributed by atoms with Gasteiger partial charge in [-0.15, -0.1) is 0 Å². The predicted molar refractivity (Wildman–Crippen MR) is 85.3 cm³/mol. The molecule has 0 aliphatic carbocycles. The van der Waals surface area contributed by atoms with E-state index in [1.807, 2.05) is 12.1 Å². The van der Waals surface area contributed by atoms with Gasteiger partial charge in [-0.25, -0.2) is 0 Å². The van der Waals surface area contributed by atoms with E-state index < -0.39 is 0 Å². The molecule has 1 aliphatic heterocycles. The minimum atomic E-state index is 0.369. The summed E-state index contributed by atoms with van der Waals surface area (Å²) in [5.41, 5.74) is 2.51. The van der Waals surface area contributed by atoms with Gasteiger partial charge in [0.2, 0.25) is 0 Å². The Morgan fingerprint density at radius 1 is 1.00 bits per heavy atom. The van der Waals surface area contributed by atoms with Gasteiger partial charge in [-0.05, 0) is 37.1 Å². The van der Waals surface area contributed by atoms with Crippen LogP contribution in [0.5, 0.6) is 11.5 Å². The Bertz CT molecular complexity index is 597. The third-order valence-electron chi connectivity index (χ3n) is 4.14. The summed E-state index contributed by atoms with van der Waals surface area (Å²) in [5, 5.41) is 0. The van der Waals surface area contributed by atoms with Crippen LogP contribution >= 0.6 is 0 Å². The first-order chi connectivity index (χ1) is 10.3. The van der Waals surface area contributed by atoms with Crippen LogP contribution in [-0.2, 0) is 0 Å². The van der Waals surface area contributed by atoms with Gasteiger partial charge in [0.1, 0.15) is 11.5 Å². The molecule has 110 valence electrons. The number of nitrogens with zero attached hydrogens (tertiary/aromatic N) is 1. The van der Waals surface area contributed by atoms with Crippen LogP contribution < -0.4 is 14.4 Å². The molecule has 1 aliphatic rings. The van der Waals surface area contributed by atoms with Gasteiger partial charge in [-0.2, -0.15) is 0 Å². The second kappa shape index (κ2) is 6.08. The second-order valence-corrected chi connectivity index (χ2v) is 5.29. The monoisotopic (exact) mass is 283 g/mol. The smallest absolute Gasteiger partial charge is 0.127 e. The van der Waals surface area contributed by atoms with Crippen molar-refractivity contribution >= 4 is 5.69 Å². The Balaban J connectivity index is 1.95. The SMILES string of the molecule is COc1ccc(C2CCCN2c2ccccc2)c(OC)c1. The number of hydrogen-bond donors (Lipinski definition) is 0. The maximum atomic E-state index is 5.58. The lowest BCUT2D eigenvalue weighted by molar-refractivity contribution is 0.388. The summed E-state index contributed by atoms with van der Waals surface area (Å²) in [6, 6.07) is 17.1. The van der Waals surface area contributed by atoms with Gasteiger partial charge in [0.25, 0.3) is 0 Å². The van der Waals surface area contributed by atoms with Crippen molar-refractivity contribution in [2.45, 2.75) is 18.9 Å². The van der Waals surface area contributed by atoms with E-state index in [1.165, 1.54) is 17.7 Å². The number of methoxy groups -OCH3 is 2. The molecule has 2 aromatic carbocycles. The highest BCUT2D eigenvalue weighted by molar-refractivity contribution is 5.53. The molecule has 3 heteroatoms. The summed E-state index contributed by atoms with van der Waals surface area (Å²) in [5.74, 6) is 1.74. The lowest BCUT2D eigenvalue weighted by atomic mass is 10.0. The molecule has 0 radical (unpaired) electrons. The zero-order valence-electron chi connectivity index (χ0n) is 12.6. The molecular weight excluding hydrogens is 262 g/mol. The first-order valence-corrected chi connectivity index (χ1v) is 7.37. The van der Waals surface area contributed by atoms with Crippen LogP contribution in [0.4, 0.5) is 5.69 Å². The van der Waals surface area contributed by atoms with Crippen molar-refractivity contribution < 1.29 is 9.47 Å². The second-order valence-electron chi connectivity index (χ2n) is 5.29. The van der Waals surface area contributed by atoms with E-state index in [1.54, 1.807) is 14.2 Å². The molecule has 1 fully saturated rings. The van der Waals surface area contributed by atoms with E-state index in [2.05, 4.69) is 41.3 Å². The van der Waals surface area contributed by atoms with Gasteiger partial charge in [-0.1, -0.05) is 18.2 Å². The summed E-state index contributed by atoms with van der Waals surface area (Å²) in [6.45, 7) is 1.09. The molecule has 1 atom stereocenters. The Morgan fingerprint density at radius 2 is 1.81 bits per heavy atom. The fourth-order valence-electron chi connectivity index (χ4n) is 3.11. The summed E-state index contributed by atoms with van der Waals surface area (Å²) >= 11 is 0. The first-order valence-electron chi connectivity index (χ1n) is 7.37. The summed E-state index contributed by atoms with van der Waals surface area (Å²) in [7, 11) is 3.40. The maximum Gasteiger partial charge on any atom is 0.127 e. The lowest BCUT2D eigenvalue weighted by Crippen LogP contribution is -2.22. The van der Waals surface area contributed by atoms with Crippen LogP contribution in [0, 0.1) is 0 Å². The van der Waals surface area contributed by atoms with Gasteiger partial charge >= 0.3 is 0 Å². The van der Waals surface area contributed by atoms with Crippen molar-refractivity contribution in [1.29, 1.82) is 0 Å². The van der Waals surface area contributed by atoms with Gasteiger partial charge in [0.15, 0.2) is 0 Å². The maximum absolute atomic E-state index is 5.58. The standard InChI is InChI=1S/C18H21NO2/c1-20-15-10-11-16(18(13-15)21-2)17-9-6-12-19(17)14-7-4-3-5-8-14/h3-5,7-8,10-11,13,17H,6,9,12H2,1-2H3. The van der Waals surface area contributed by atoms with Gasteiger partial charge < -0.3 is 14.4 Å². The van der Waals surface area contributed by atoms with Gasteiger partial charge in [0.05, 0.1) is 20.3 Å². The number of rotatable bonds is 4. The Morgan fingerprint density at radius 3 is 2.52 bits per heavy atom. The molecule has 0 bridgehead atoms. The highest BCUT2D eigenvalue weighted by Gasteiger charge is 2.28. The molecule has 0 aromatic heterocycles. The molecule has 1 heterocycles. The van der Waals surface area contributed by atoms with Crippen LogP contribution in [0.1, 0.15) is 24.4 Å². The minimum absolute atomic E-state index is 0.369. The minimum Gasteiger partial charge on any atom is -0.497 e. The predicted octanol–water partition coefficient (Wildman–Crippen LogP) is 4.05. The molecule has 1 saturated heterocycles. The van der Waals surface area contributed by atoms with Gasteiger partial charge in [-0.3, -0.25) is 0 Å². The third-order valence-corrected chi connectivity index (χ3v) is 4.14. The first kappa shape index (κ1) is 13.8. The molecule has 3 nitrogen and oxygen atoms in total. The normalized spacial score (nSPS) is 17.8. The Kier molecular flexibility index (Phi) is 4.00. The summed E-state index contributed by atoms with van der Waals surface area (Å²) in [4.78, 5) is 2.46. The van der Waals surface area contributed by atoms with E-state index >= 15 is 0 Å². The highest BCUT2D eigenvalue weighted by atomic mass is 16.5. The van der Waals surface area contributed by atoms with E-state index in [-0.39, 0.29) is 0 Å². The number of para-hydroxylation sites is 1. The molecule has 0 N–H and O–H groups in total. The van der Waals surface area contributed by atoms with Crippen LogP contribution in [-0.4, -0.2) is 20.8 Å². The fourth-order valence-corrected chi connectivity index (χ4v) is 3.11. The largest absolute Gasteiger partial charge is 0.497 e. The Hall–Kier alpha value is -2.16. The van der Waals surface area contributed by atoms with E-state index in [4.69, 9.17) is 9.47 Å². The summed E-state index contributed by atoms with van der Waals surface area (Å²) < 4.78 is 10.9. The molecule has 0 saturated carbocycles. The molecule has 0 spiro atoms. The topological polar surface area (TPSA) is 21.7 Å². The number of anilines is 1. The fraction of sp³-hybridized carbons (Fsp3) is 0.333. The van der Waals surface area contributed by atoms with Crippen molar-refractivity contribution in [2.24, 2.45) is 0 Å². The average Bonchev–Trinajstić information content (AvgIpc) is 3.04. The van der Waals surface area contributed by atoms with Crippen molar-refractivity contribution in [3.05, 3.63) is 54.1 Å². The third kappa shape index (κ3) is 2.68. The van der Waals surface area contributed by atoms with Crippen molar-refractivity contribution in [3.8, 4) is 11.5 Å². The molecule has 2 aromatic rings. The van der Waals surface area contributed by atoms with E-state index in [9.17, 15) is 0 Å². The number of ether oxygens (including phenoxy) is 2. The number of hydrogen-bond acceptors (Lipinski definition) is 3. The lowest BCUT2D eigenvalue weighted by Gasteiger charge is -2.28. The highest BCUT2D eigenvalue weighted by Crippen LogP contribution is 2.40. The van der Waals surface area contributed by atoms with Crippen molar-refractivity contribution in [1.82, 2.24) is 0 Å². The number of benzene rings is 2. The Labute approximate surface area is 126 Å². The van der Waals surface area contributed by atoms with Crippen molar-refractivity contribution in [2.75, 3.05) is 25.7 Å². The van der Waals surface area contributed by atoms with Crippen LogP contribution in [0.2, 0.25) is 0 Å². The van der Waals surface area contributed by atoms with E-state index in [0.29, 0.717) is 6.04 Å². The zero-order valence-corrected chi connectivity index (χ0v) is 12.6. The van der Waals surface area contributed by atoms with Crippen LogP contribution in [0.3, 0.4) is 0 Å². The molecule has 21 heavy (non-hydrogen) atoms. The van der Waals surface area contributed by atoms with E-state index in [0.717, 1.165) is 24.5 Å². The molecule has 0 amide bonds. The molecular formula is C18H21NO2. The van der Waals surface area contributed by atoms with Crippen LogP contribution in [0.25, 0.3) is 0 Å².